The summed E-state index contributed by atoms with van der Waals surface area (Å²) in [5, 5.41) is 12.1. The average Bonchev–Trinajstić information content (AvgIpc) is 2.93. The zero-order chi connectivity index (χ0) is 15.2. The van der Waals surface area contributed by atoms with Gasteiger partial charge in [0, 0.05) is 23.3 Å². The second-order valence-corrected chi connectivity index (χ2v) is 4.91. The van der Waals surface area contributed by atoms with Crippen molar-refractivity contribution in [2.45, 2.75) is 18.9 Å². The summed E-state index contributed by atoms with van der Waals surface area (Å²) in [4.78, 5) is 29.8. The first kappa shape index (κ1) is 15.1. The highest BCUT2D eigenvalue weighted by Crippen LogP contribution is 2.15. The number of carbonyl (C=O) groups is 2. The van der Waals surface area contributed by atoms with E-state index in [1.54, 1.807) is 24.3 Å². The Labute approximate surface area is 126 Å². The number of aliphatic carboxylic acids is 1. The molecule has 1 amide bonds. The smallest absolute Gasteiger partial charge is 0.326 e. The summed E-state index contributed by atoms with van der Waals surface area (Å²) < 4.78 is 0. The zero-order valence-corrected chi connectivity index (χ0v) is 11.8. The predicted molar refractivity (Wildman–Crippen MR) is 77.0 cm³/mol. The van der Waals surface area contributed by atoms with Crippen molar-refractivity contribution in [2.75, 3.05) is 0 Å². The Morgan fingerprint density at radius 1 is 1.38 bits per heavy atom. The van der Waals surface area contributed by atoms with Crippen LogP contribution in [-0.2, 0) is 22.4 Å². The van der Waals surface area contributed by atoms with E-state index in [1.165, 1.54) is 12.5 Å². The molecule has 2 aromatic rings. The lowest BCUT2D eigenvalue weighted by Gasteiger charge is -2.14. The highest BCUT2D eigenvalue weighted by atomic mass is 35.5. The molecule has 0 radical (unpaired) electrons. The lowest BCUT2D eigenvalue weighted by molar-refractivity contribution is -0.141. The van der Waals surface area contributed by atoms with Gasteiger partial charge in [-0.2, -0.15) is 0 Å². The van der Waals surface area contributed by atoms with Crippen LogP contribution in [0.15, 0.2) is 36.8 Å². The standard InChI is InChI=1S/C14H14ClN3O3/c15-11-4-2-1-3-9(11)5-13(19)18-12(14(20)21)6-10-7-16-8-17-10/h1-4,7-8,12H,5-6H2,(H,16,17)(H,18,19)(H,20,21)/t12-/m1/s1. The molecular weight excluding hydrogens is 294 g/mol. The molecule has 0 aliphatic heterocycles. The minimum atomic E-state index is -1.10. The van der Waals surface area contributed by atoms with Gasteiger partial charge in [-0.3, -0.25) is 4.79 Å². The van der Waals surface area contributed by atoms with Crippen molar-refractivity contribution in [3.05, 3.63) is 53.1 Å². The van der Waals surface area contributed by atoms with E-state index in [1.807, 2.05) is 0 Å². The number of aromatic amines is 1. The molecule has 0 spiro atoms. The van der Waals surface area contributed by atoms with Crippen molar-refractivity contribution in [2.24, 2.45) is 0 Å². The molecule has 1 atom stereocenters. The maximum absolute atomic E-state index is 11.9. The van der Waals surface area contributed by atoms with Gasteiger partial charge in [-0.1, -0.05) is 29.8 Å². The first-order chi connectivity index (χ1) is 10.1. The van der Waals surface area contributed by atoms with Gasteiger partial charge in [0.25, 0.3) is 0 Å². The molecule has 1 aromatic carbocycles. The molecule has 0 bridgehead atoms. The number of carboxylic acid groups (broad SMARTS) is 1. The van der Waals surface area contributed by atoms with Crippen molar-refractivity contribution in [3.63, 3.8) is 0 Å². The monoisotopic (exact) mass is 307 g/mol. The van der Waals surface area contributed by atoms with Gasteiger partial charge in [0.05, 0.1) is 12.7 Å². The van der Waals surface area contributed by atoms with Gasteiger partial charge in [0.1, 0.15) is 6.04 Å². The number of benzene rings is 1. The first-order valence-corrected chi connectivity index (χ1v) is 6.67. The van der Waals surface area contributed by atoms with Crippen LogP contribution in [0.4, 0.5) is 0 Å². The van der Waals surface area contributed by atoms with Crippen LogP contribution in [0.5, 0.6) is 0 Å². The van der Waals surface area contributed by atoms with Gasteiger partial charge in [-0.15, -0.1) is 0 Å². The summed E-state index contributed by atoms with van der Waals surface area (Å²) >= 11 is 5.97. The van der Waals surface area contributed by atoms with Gasteiger partial charge in [-0.05, 0) is 11.6 Å². The van der Waals surface area contributed by atoms with Gasteiger partial charge < -0.3 is 15.4 Å². The molecule has 7 heteroatoms. The van der Waals surface area contributed by atoms with Crippen molar-refractivity contribution in [1.82, 2.24) is 15.3 Å². The number of carboxylic acids is 1. The molecule has 0 unspecified atom stereocenters. The molecule has 0 aliphatic carbocycles. The third-order valence-electron chi connectivity index (χ3n) is 2.92. The normalized spacial score (nSPS) is 11.9. The fourth-order valence-electron chi connectivity index (χ4n) is 1.88. The Kier molecular flexibility index (Phi) is 4.94. The summed E-state index contributed by atoms with van der Waals surface area (Å²) in [6.07, 6.45) is 3.16. The third kappa shape index (κ3) is 4.32. The fourth-order valence-corrected chi connectivity index (χ4v) is 2.08. The van der Waals surface area contributed by atoms with Crippen molar-refractivity contribution in [1.29, 1.82) is 0 Å². The van der Waals surface area contributed by atoms with E-state index in [4.69, 9.17) is 16.7 Å². The zero-order valence-electron chi connectivity index (χ0n) is 11.0. The van der Waals surface area contributed by atoms with Gasteiger partial charge in [0.15, 0.2) is 0 Å². The quantitative estimate of drug-likeness (QED) is 0.752. The number of hydrogen-bond donors (Lipinski definition) is 3. The number of hydrogen-bond acceptors (Lipinski definition) is 3. The number of nitrogens with one attached hydrogen (secondary N) is 2. The van der Waals surface area contributed by atoms with Crippen LogP contribution < -0.4 is 5.32 Å². The highest BCUT2D eigenvalue weighted by Gasteiger charge is 2.21. The number of aromatic nitrogens is 2. The summed E-state index contributed by atoms with van der Waals surface area (Å²) in [6, 6.07) is 5.94. The molecule has 1 heterocycles. The van der Waals surface area contributed by atoms with Crippen molar-refractivity contribution in [3.8, 4) is 0 Å². The van der Waals surface area contributed by atoms with Crippen LogP contribution in [0.3, 0.4) is 0 Å². The van der Waals surface area contributed by atoms with Crippen LogP contribution in [-0.4, -0.2) is 33.0 Å². The van der Waals surface area contributed by atoms with Gasteiger partial charge >= 0.3 is 5.97 Å². The molecule has 21 heavy (non-hydrogen) atoms. The molecule has 0 saturated heterocycles. The number of carbonyl (C=O) groups excluding carboxylic acids is 1. The summed E-state index contributed by atoms with van der Waals surface area (Å²) in [5.74, 6) is -1.49. The maximum atomic E-state index is 11.9. The Balaban J connectivity index is 1.98. The van der Waals surface area contributed by atoms with E-state index in [2.05, 4.69) is 15.3 Å². The fraction of sp³-hybridized carbons (Fsp3) is 0.214. The van der Waals surface area contributed by atoms with Crippen molar-refractivity contribution >= 4 is 23.5 Å². The van der Waals surface area contributed by atoms with E-state index in [0.717, 1.165) is 0 Å². The topological polar surface area (TPSA) is 95.1 Å². The van der Waals surface area contributed by atoms with Crippen molar-refractivity contribution < 1.29 is 14.7 Å². The number of H-pyrrole nitrogens is 1. The van der Waals surface area contributed by atoms with E-state index in [0.29, 0.717) is 16.3 Å². The molecule has 0 aliphatic rings. The molecule has 3 N–H and O–H groups in total. The minimum absolute atomic E-state index is 0.0342. The number of nitrogens with zero attached hydrogens (tertiary/aromatic N) is 1. The second kappa shape index (κ2) is 6.90. The second-order valence-electron chi connectivity index (χ2n) is 4.51. The summed E-state index contributed by atoms with van der Waals surface area (Å²) in [7, 11) is 0. The molecule has 1 aromatic heterocycles. The lowest BCUT2D eigenvalue weighted by Crippen LogP contribution is -2.43. The van der Waals surface area contributed by atoms with Crippen LogP contribution in [0, 0.1) is 0 Å². The number of amides is 1. The van der Waals surface area contributed by atoms with Crippen LogP contribution >= 0.6 is 11.6 Å². The largest absolute Gasteiger partial charge is 0.480 e. The third-order valence-corrected chi connectivity index (χ3v) is 3.29. The lowest BCUT2D eigenvalue weighted by atomic mass is 10.1. The van der Waals surface area contributed by atoms with Gasteiger partial charge in [0.2, 0.25) is 5.91 Å². The number of halogens is 1. The highest BCUT2D eigenvalue weighted by molar-refractivity contribution is 6.31. The summed E-state index contributed by atoms with van der Waals surface area (Å²) in [5.41, 5.74) is 1.29. The van der Waals surface area contributed by atoms with Gasteiger partial charge in [-0.25, -0.2) is 9.78 Å². The Morgan fingerprint density at radius 2 is 2.14 bits per heavy atom. The van der Waals surface area contributed by atoms with E-state index < -0.39 is 17.9 Å². The van der Waals surface area contributed by atoms with E-state index in [9.17, 15) is 9.59 Å². The van der Waals surface area contributed by atoms with E-state index >= 15 is 0 Å². The van der Waals surface area contributed by atoms with Crippen LogP contribution in [0.1, 0.15) is 11.3 Å². The van der Waals surface area contributed by atoms with Crippen LogP contribution in [0.2, 0.25) is 5.02 Å². The molecule has 2 rings (SSSR count). The maximum Gasteiger partial charge on any atom is 0.326 e. The SMILES string of the molecule is O=C(Cc1ccccc1Cl)N[C@H](Cc1cnc[nH]1)C(=O)O. The predicted octanol–water partition coefficient (Wildman–Crippen LogP) is 1.42. The molecule has 6 nitrogen and oxygen atoms in total. The first-order valence-electron chi connectivity index (χ1n) is 6.29. The molecule has 0 saturated carbocycles. The minimum Gasteiger partial charge on any atom is -0.480 e. The molecule has 110 valence electrons. The Morgan fingerprint density at radius 3 is 2.76 bits per heavy atom. The number of rotatable bonds is 6. The Hall–Kier alpha value is -2.34. The average molecular weight is 308 g/mol. The summed E-state index contributed by atoms with van der Waals surface area (Å²) in [6.45, 7) is 0. The van der Waals surface area contributed by atoms with E-state index in [-0.39, 0.29) is 12.8 Å². The molecular formula is C14H14ClN3O3. The number of imidazole rings is 1. The van der Waals surface area contributed by atoms with Crippen LogP contribution in [0.25, 0.3) is 0 Å². The Bertz CT molecular complexity index is 628. The molecule has 0 fully saturated rings.